The van der Waals surface area contributed by atoms with Gasteiger partial charge in [0, 0.05) is 0 Å². The van der Waals surface area contributed by atoms with Gasteiger partial charge in [-0.2, -0.15) is 0 Å². The summed E-state index contributed by atoms with van der Waals surface area (Å²) in [5, 5.41) is 0. The maximum Gasteiger partial charge on any atom is 0.116 e. The Kier molecular flexibility index (Phi) is 17.4. The fourth-order valence-electron chi connectivity index (χ4n) is 3.45. The molecule has 2 nitrogen and oxygen atoms in total. The van der Waals surface area contributed by atoms with Gasteiger partial charge in [-0.15, -0.1) is 0 Å². The van der Waals surface area contributed by atoms with Gasteiger partial charge in [0.2, 0.25) is 0 Å². The molecule has 1 unspecified atom stereocenters. The molecule has 1 fully saturated rings. The van der Waals surface area contributed by atoms with E-state index in [1.54, 1.807) is 0 Å². The summed E-state index contributed by atoms with van der Waals surface area (Å²) in [5.41, 5.74) is 0. The van der Waals surface area contributed by atoms with E-state index in [0.29, 0.717) is 6.10 Å². The molecule has 26 heavy (non-hydrogen) atoms. The molecule has 0 aliphatic carbocycles. The lowest BCUT2D eigenvalue weighted by Crippen LogP contribution is -1.94. The Hall–Kier alpha value is -0.500. The molecule has 2 heteroatoms. The van der Waals surface area contributed by atoms with E-state index in [1.807, 2.05) is 6.26 Å². The quantitative estimate of drug-likeness (QED) is 0.117. The van der Waals surface area contributed by atoms with Crippen molar-refractivity contribution in [1.82, 2.24) is 0 Å². The average molecular weight is 367 g/mol. The Labute approximate surface area is 164 Å². The normalized spacial score (nSPS) is 16.4. The standard InChI is InChI=1S/C24H46O2/c1-2-3-4-5-6-7-8-9-10-11-12-13-14-15-16-17-18-19-20-21-25-22-24-23-26-24/h20-21,24H,2-19,22-23H2,1H3. The predicted octanol–water partition coefficient (Wildman–Crippen LogP) is 7.96. The second kappa shape index (κ2) is 19.3. The van der Waals surface area contributed by atoms with Crippen molar-refractivity contribution in [2.75, 3.05) is 13.2 Å². The predicted molar refractivity (Wildman–Crippen MR) is 114 cm³/mol. The molecule has 0 amide bonds. The van der Waals surface area contributed by atoms with Crippen molar-refractivity contribution in [3.63, 3.8) is 0 Å². The van der Waals surface area contributed by atoms with Crippen LogP contribution in [0, 0.1) is 0 Å². The van der Waals surface area contributed by atoms with Crippen LogP contribution in [0.5, 0.6) is 0 Å². The molecule has 0 aromatic rings. The minimum atomic E-state index is 0.375. The highest BCUT2D eigenvalue weighted by atomic mass is 16.6. The first-order valence-corrected chi connectivity index (χ1v) is 11.8. The molecule has 0 aromatic heterocycles. The summed E-state index contributed by atoms with van der Waals surface area (Å²) in [5.74, 6) is 0. The van der Waals surface area contributed by atoms with E-state index >= 15 is 0 Å². The molecule has 1 saturated heterocycles. The maximum atomic E-state index is 5.39. The van der Waals surface area contributed by atoms with Gasteiger partial charge in [-0.05, 0) is 18.9 Å². The average Bonchev–Trinajstić information content (AvgIpc) is 3.47. The molecular weight excluding hydrogens is 320 g/mol. The smallest absolute Gasteiger partial charge is 0.116 e. The molecule has 1 rings (SSSR count). The van der Waals surface area contributed by atoms with E-state index in [4.69, 9.17) is 9.47 Å². The minimum Gasteiger partial charge on any atom is -0.499 e. The van der Waals surface area contributed by atoms with Crippen LogP contribution in [0.1, 0.15) is 122 Å². The molecule has 0 spiro atoms. The summed E-state index contributed by atoms with van der Waals surface area (Å²) < 4.78 is 10.5. The molecule has 0 aromatic carbocycles. The van der Waals surface area contributed by atoms with Gasteiger partial charge < -0.3 is 9.47 Å². The van der Waals surface area contributed by atoms with E-state index in [-0.39, 0.29) is 0 Å². The Morgan fingerprint density at radius 3 is 1.54 bits per heavy atom. The van der Waals surface area contributed by atoms with Crippen molar-refractivity contribution in [2.24, 2.45) is 0 Å². The lowest BCUT2D eigenvalue weighted by Gasteiger charge is -2.03. The molecule has 1 atom stereocenters. The molecule has 0 saturated carbocycles. The van der Waals surface area contributed by atoms with Gasteiger partial charge >= 0.3 is 0 Å². The van der Waals surface area contributed by atoms with Gasteiger partial charge in [0.15, 0.2) is 0 Å². The monoisotopic (exact) mass is 366 g/mol. The summed E-state index contributed by atoms with van der Waals surface area (Å²) in [6.45, 7) is 3.91. The van der Waals surface area contributed by atoms with E-state index in [0.717, 1.165) is 19.6 Å². The van der Waals surface area contributed by atoms with E-state index in [1.165, 1.54) is 109 Å². The van der Waals surface area contributed by atoms with Crippen LogP contribution in [-0.2, 0) is 9.47 Å². The summed E-state index contributed by atoms with van der Waals surface area (Å²) in [7, 11) is 0. The summed E-state index contributed by atoms with van der Waals surface area (Å²) in [6.07, 6.45) is 29.9. The molecule has 1 aliphatic rings. The Morgan fingerprint density at radius 2 is 1.12 bits per heavy atom. The van der Waals surface area contributed by atoms with Crippen molar-refractivity contribution in [2.45, 2.75) is 129 Å². The van der Waals surface area contributed by atoms with Crippen LogP contribution in [0.25, 0.3) is 0 Å². The third-order valence-corrected chi connectivity index (χ3v) is 5.35. The fourth-order valence-corrected chi connectivity index (χ4v) is 3.45. The van der Waals surface area contributed by atoms with Crippen molar-refractivity contribution < 1.29 is 9.47 Å². The second-order valence-corrected chi connectivity index (χ2v) is 8.11. The Morgan fingerprint density at radius 1 is 0.692 bits per heavy atom. The molecule has 0 bridgehead atoms. The van der Waals surface area contributed by atoms with Crippen molar-refractivity contribution >= 4 is 0 Å². The zero-order chi connectivity index (χ0) is 18.5. The molecule has 154 valence electrons. The van der Waals surface area contributed by atoms with Crippen LogP contribution in [0.15, 0.2) is 12.3 Å². The molecule has 0 radical (unpaired) electrons. The van der Waals surface area contributed by atoms with Gasteiger partial charge in [-0.3, -0.25) is 0 Å². The van der Waals surface area contributed by atoms with Gasteiger partial charge in [0.05, 0.1) is 12.9 Å². The topological polar surface area (TPSA) is 21.8 Å². The van der Waals surface area contributed by atoms with Crippen LogP contribution in [0.3, 0.4) is 0 Å². The molecule has 1 aliphatic heterocycles. The largest absolute Gasteiger partial charge is 0.499 e. The maximum absolute atomic E-state index is 5.39. The van der Waals surface area contributed by atoms with E-state index in [2.05, 4.69) is 13.0 Å². The number of allylic oxidation sites excluding steroid dienone is 1. The van der Waals surface area contributed by atoms with Crippen LogP contribution < -0.4 is 0 Å². The van der Waals surface area contributed by atoms with E-state index in [9.17, 15) is 0 Å². The Balaban J connectivity index is 1.62. The van der Waals surface area contributed by atoms with Gasteiger partial charge in [0.1, 0.15) is 12.7 Å². The number of unbranched alkanes of at least 4 members (excludes halogenated alkanes) is 17. The minimum absolute atomic E-state index is 0.375. The number of epoxide rings is 1. The van der Waals surface area contributed by atoms with Crippen LogP contribution in [-0.4, -0.2) is 19.3 Å². The number of hydrogen-bond acceptors (Lipinski definition) is 2. The van der Waals surface area contributed by atoms with E-state index < -0.39 is 0 Å². The Bertz CT molecular complexity index is 297. The van der Waals surface area contributed by atoms with Crippen molar-refractivity contribution in [3.8, 4) is 0 Å². The summed E-state index contributed by atoms with van der Waals surface area (Å²) >= 11 is 0. The molecule has 1 heterocycles. The highest BCUT2D eigenvalue weighted by molar-refractivity contribution is 4.75. The lowest BCUT2D eigenvalue weighted by molar-refractivity contribution is 0.211. The van der Waals surface area contributed by atoms with Crippen LogP contribution in [0.4, 0.5) is 0 Å². The fraction of sp³-hybridized carbons (Fsp3) is 0.917. The third-order valence-electron chi connectivity index (χ3n) is 5.35. The molecule has 0 N–H and O–H groups in total. The van der Waals surface area contributed by atoms with Crippen molar-refractivity contribution in [3.05, 3.63) is 12.3 Å². The first kappa shape index (κ1) is 23.5. The number of ether oxygens (including phenoxy) is 2. The second-order valence-electron chi connectivity index (χ2n) is 8.11. The highest BCUT2D eigenvalue weighted by Crippen LogP contribution is 2.14. The zero-order valence-electron chi connectivity index (χ0n) is 17.7. The summed E-state index contributed by atoms with van der Waals surface area (Å²) in [4.78, 5) is 0. The van der Waals surface area contributed by atoms with Crippen LogP contribution >= 0.6 is 0 Å². The zero-order valence-corrected chi connectivity index (χ0v) is 17.7. The van der Waals surface area contributed by atoms with Gasteiger partial charge in [-0.1, -0.05) is 110 Å². The number of hydrogen-bond donors (Lipinski definition) is 0. The van der Waals surface area contributed by atoms with Gasteiger partial charge in [-0.25, -0.2) is 0 Å². The first-order chi connectivity index (χ1) is 12.9. The summed E-state index contributed by atoms with van der Waals surface area (Å²) in [6, 6.07) is 0. The highest BCUT2D eigenvalue weighted by Gasteiger charge is 2.22. The van der Waals surface area contributed by atoms with Crippen molar-refractivity contribution in [1.29, 1.82) is 0 Å². The third kappa shape index (κ3) is 18.3. The SMILES string of the molecule is CCCCCCCCCCCCCCCCCCCC=COCC1CO1. The number of rotatable bonds is 21. The molecular formula is C24H46O2. The van der Waals surface area contributed by atoms with Gasteiger partial charge in [0.25, 0.3) is 0 Å². The van der Waals surface area contributed by atoms with Crippen LogP contribution in [0.2, 0.25) is 0 Å². The first-order valence-electron chi connectivity index (χ1n) is 11.8. The lowest BCUT2D eigenvalue weighted by atomic mass is 10.0.